The highest BCUT2D eigenvalue weighted by Gasteiger charge is 2.51. The Morgan fingerprint density at radius 3 is 2.30 bits per heavy atom. The Balaban J connectivity index is 1.50. The molecule has 0 heterocycles. The van der Waals surface area contributed by atoms with Crippen LogP contribution in [0.25, 0.3) is 0 Å². The number of ether oxygens (including phenoxy) is 1. The van der Waals surface area contributed by atoms with E-state index in [9.17, 15) is 0 Å². The second-order valence-electron chi connectivity index (χ2n) is 7.75. The van der Waals surface area contributed by atoms with Gasteiger partial charge in [-0.25, -0.2) is 0 Å². The molecule has 0 saturated heterocycles. The lowest BCUT2D eigenvalue weighted by atomic mass is 9.50. The van der Waals surface area contributed by atoms with Crippen molar-refractivity contribution in [3.8, 4) is 5.75 Å². The maximum atomic E-state index is 6.18. The van der Waals surface area contributed by atoms with E-state index in [0.717, 1.165) is 35.8 Å². The van der Waals surface area contributed by atoms with Crippen molar-refractivity contribution in [1.82, 2.24) is 0 Å². The molecule has 108 valence electrons. The van der Waals surface area contributed by atoms with Crippen LogP contribution < -0.4 is 10.5 Å². The topological polar surface area (TPSA) is 35.2 Å². The summed E-state index contributed by atoms with van der Waals surface area (Å²) < 4.78 is 6.18. The average Bonchev–Trinajstić information content (AvgIpc) is 2.38. The van der Waals surface area contributed by atoms with Gasteiger partial charge < -0.3 is 10.5 Å². The van der Waals surface area contributed by atoms with Gasteiger partial charge in [-0.15, -0.1) is 0 Å². The predicted octanol–water partition coefficient (Wildman–Crippen LogP) is 4.17. The van der Waals surface area contributed by atoms with E-state index in [4.69, 9.17) is 10.5 Å². The van der Waals surface area contributed by atoms with Crippen LogP contribution in [-0.2, 0) is 0 Å². The van der Waals surface area contributed by atoms with Crippen LogP contribution in [0.3, 0.4) is 0 Å². The first kappa shape index (κ1) is 12.6. The molecular weight excluding hydrogens is 246 g/mol. The predicted molar refractivity (Wildman–Crippen MR) is 81.7 cm³/mol. The average molecular weight is 271 g/mol. The molecule has 0 radical (unpaired) electrons. The molecule has 0 aromatic heterocycles. The lowest BCUT2D eigenvalue weighted by Gasteiger charge is -2.56. The van der Waals surface area contributed by atoms with Crippen molar-refractivity contribution >= 4 is 5.69 Å². The molecule has 5 rings (SSSR count). The molecular formula is C18H25NO. The molecule has 0 unspecified atom stereocenters. The fourth-order valence-corrected chi connectivity index (χ4v) is 5.46. The Kier molecular flexibility index (Phi) is 2.77. The van der Waals surface area contributed by atoms with Crippen molar-refractivity contribution in [1.29, 1.82) is 0 Å². The van der Waals surface area contributed by atoms with Gasteiger partial charge in [-0.2, -0.15) is 0 Å². The van der Waals surface area contributed by atoms with E-state index in [0.29, 0.717) is 5.41 Å². The van der Waals surface area contributed by atoms with Gasteiger partial charge in [0.1, 0.15) is 5.75 Å². The van der Waals surface area contributed by atoms with Crippen LogP contribution >= 0.6 is 0 Å². The van der Waals surface area contributed by atoms with Gasteiger partial charge in [0, 0.05) is 5.41 Å². The Morgan fingerprint density at radius 1 is 1.10 bits per heavy atom. The summed E-state index contributed by atoms with van der Waals surface area (Å²) in [5.74, 6) is 3.85. The Bertz CT molecular complexity index is 487. The van der Waals surface area contributed by atoms with Gasteiger partial charge in [0.2, 0.25) is 0 Å². The van der Waals surface area contributed by atoms with Crippen LogP contribution in [0.2, 0.25) is 0 Å². The fourth-order valence-electron chi connectivity index (χ4n) is 5.46. The number of hydrogen-bond acceptors (Lipinski definition) is 2. The molecule has 0 aliphatic heterocycles. The Hall–Kier alpha value is -1.18. The molecule has 20 heavy (non-hydrogen) atoms. The van der Waals surface area contributed by atoms with Crippen LogP contribution in [0.5, 0.6) is 5.75 Å². The molecule has 4 aliphatic carbocycles. The lowest BCUT2D eigenvalue weighted by molar-refractivity contribution is -0.0744. The highest BCUT2D eigenvalue weighted by atomic mass is 16.5. The van der Waals surface area contributed by atoms with Gasteiger partial charge >= 0.3 is 0 Å². The molecule has 2 heteroatoms. The minimum Gasteiger partial charge on any atom is -0.491 e. The number of nitrogens with two attached hydrogens (primary N) is 1. The van der Waals surface area contributed by atoms with E-state index < -0.39 is 0 Å². The van der Waals surface area contributed by atoms with Gasteiger partial charge in [0.15, 0.2) is 0 Å². The van der Waals surface area contributed by atoms with E-state index in [1.54, 1.807) is 0 Å². The number of nitrogen functional groups attached to an aromatic ring is 1. The van der Waals surface area contributed by atoms with E-state index in [1.165, 1.54) is 44.1 Å². The fraction of sp³-hybridized carbons (Fsp3) is 0.667. The molecule has 2 nitrogen and oxygen atoms in total. The molecule has 4 bridgehead atoms. The van der Waals surface area contributed by atoms with E-state index in [1.807, 2.05) is 12.1 Å². The SMILES string of the molecule is Cc1ccc(N)c(OCC23CC4CC(CC(C4)C2)C3)c1. The van der Waals surface area contributed by atoms with Crippen LogP contribution in [0.15, 0.2) is 18.2 Å². The van der Waals surface area contributed by atoms with Gasteiger partial charge in [0.05, 0.1) is 12.3 Å². The summed E-state index contributed by atoms with van der Waals surface area (Å²) in [6.07, 6.45) is 8.66. The minimum absolute atomic E-state index is 0.463. The highest BCUT2D eigenvalue weighted by Crippen LogP contribution is 2.60. The number of hydrogen-bond donors (Lipinski definition) is 1. The van der Waals surface area contributed by atoms with Crippen LogP contribution in [0.1, 0.15) is 44.1 Å². The van der Waals surface area contributed by atoms with Gasteiger partial charge in [0.25, 0.3) is 0 Å². The van der Waals surface area contributed by atoms with Crippen molar-refractivity contribution in [2.45, 2.75) is 45.4 Å². The molecule has 1 aromatic carbocycles. The van der Waals surface area contributed by atoms with Crippen LogP contribution in [0, 0.1) is 30.1 Å². The summed E-state index contributed by atoms with van der Waals surface area (Å²) in [7, 11) is 0. The summed E-state index contributed by atoms with van der Waals surface area (Å²) in [4.78, 5) is 0. The molecule has 2 N–H and O–H groups in total. The van der Waals surface area contributed by atoms with E-state index in [2.05, 4.69) is 13.0 Å². The molecule has 4 saturated carbocycles. The molecule has 0 amide bonds. The summed E-state index contributed by atoms with van der Waals surface area (Å²) in [6, 6.07) is 6.09. The third kappa shape index (κ3) is 2.10. The molecule has 4 aliphatic rings. The van der Waals surface area contributed by atoms with Crippen molar-refractivity contribution in [2.75, 3.05) is 12.3 Å². The third-order valence-electron chi connectivity index (χ3n) is 5.87. The lowest BCUT2D eigenvalue weighted by Crippen LogP contribution is -2.48. The zero-order valence-electron chi connectivity index (χ0n) is 12.4. The monoisotopic (exact) mass is 271 g/mol. The first-order valence-corrected chi connectivity index (χ1v) is 8.11. The Morgan fingerprint density at radius 2 is 1.70 bits per heavy atom. The quantitative estimate of drug-likeness (QED) is 0.837. The number of anilines is 1. The van der Waals surface area contributed by atoms with Gasteiger partial charge in [-0.1, -0.05) is 6.07 Å². The van der Waals surface area contributed by atoms with Crippen molar-refractivity contribution in [3.05, 3.63) is 23.8 Å². The van der Waals surface area contributed by atoms with Crippen LogP contribution in [0.4, 0.5) is 5.69 Å². The summed E-state index contributed by atoms with van der Waals surface area (Å²) in [5.41, 5.74) is 8.51. The summed E-state index contributed by atoms with van der Waals surface area (Å²) >= 11 is 0. The molecule has 0 atom stereocenters. The summed E-state index contributed by atoms with van der Waals surface area (Å²) in [6.45, 7) is 2.97. The maximum absolute atomic E-state index is 6.18. The standard InChI is InChI=1S/C18H25NO/c1-12-2-3-16(19)17(4-12)20-11-18-8-13-5-14(9-18)7-15(6-13)10-18/h2-4,13-15H,5-11,19H2,1H3. The third-order valence-corrected chi connectivity index (χ3v) is 5.87. The largest absolute Gasteiger partial charge is 0.491 e. The van der Waals surface area contributed by atoms with Gasteiger partial charge in [-0.3, -0.25) is 0 Å². The van der Waals surface area contributed by atoms with E-state index >= 15 is 0 Å². The summed E-state index contributed by atoms with van der Waals surface area (Å²) in [5, 5.41) is 0. The maximum Gasteiger partial charge on any atom is 0.142 e. The highest BCUT2D eigenvalue weighted by molar-refractivity contribution is 5.53. The molecule has 0 spiro atoms. The number of rotatable bonds is 3. The minimum atomic E-state index is 0.463. The number of benzene rings is 1. The van der Waals surface area contributed by atoms with E-state index in [-0.39, 0.29) is 0 Å². The second-order valence-corrected chi connectivity index (χ2v) is 7.75. The first-order valence-electron chi connectivity index (χ1n) is 8.11. The normalized spacial score (nSPS) is 38.1. The molecule has 1 aromatic rings. The zero-order valence-corrected chi connectivity index (χ0v) is 12.4. The van der Waals surface area contributed by atoms with Crippen LogP contribution in [-0.4, -0.2) is 6.61 Å². The zero-order chi connectivity index (χ0) is 13.7. The first-order chi connectivity index (χ1) is 9.62. The van der Waals surface area contributed by atoms with Crippen molar-refractivity contribution in [2.24, 2.45) is 23.2 Å². The van der Waals surface area contributed by atoms with Crippen molar-refractivity contribution < 1.29 is 4.74 Å². The Labute approximate surface area is 121 Å². The molecule has 4 fully saturated rings. The van der Waals surface area contributed by atoms with Gasteiger partial charge in [-0.05, 0) is 80.9 Å². The second kappa shape index (κ2) is 4.41. The number of aryl methyl sites for hydroxylation is 1. The van der Waals surface area contributed by atoms with Crippen molar-refractivity contribution in [3.63, 3.8) is 0 Å². The smallest absolute Gasteiger partial charge is 0.142 e.